The largest absolute Gasteiger partial charge is 0.447 e. The van der Waals surface area contributed by atoms with E-state index in [0.717, 1.165) is 33.7 Å². The lowest BCUT2D eigenvalue weighted by atomic mass is 10.0. The van der Waals surface area contributed by atoms with Gasteiger partial charge in [0, 0.05) is 28.5 Å². The van der Waals surface area contributed by atoms with Crippen molar-refractivity contribution in [3.8, 4) is 5.69 Å². The summed E-state index contributed by atoms with van der Waals surface area (Å²) < 4.78 is 21.8. The molecule has 0 amide bonds. The Labute approximate surface area is 224 Å². The molecule has 2 aromatic heterocycles. The minimum Gasteiger partial charge on any atom is -0.447 e. The molecule has 0 radical (unpaired) electrons. The number of hydrogen-bond acceptors (Lipinski definition) is 4. The fourth-order valence-electron chi connectivity index (χ4n) is 4.41. The van der Waals surface area contributed by atoms with Crippen molar-refractivity contribution in [3.63, 3.8) is 0 Å². The molecular weight excluding hydrogens is 531 g/mol. The van der Waals surface area contributed by atoms with Gasteiger partial charge in [0.15, 0.2) is 0 Å². The van der Waals surface area contributed by atoms with Crippen LogP contribution in [0.15, 0.2) is 112 Å². The molecule has 7 heteroatoms. The van der Waals surface area contributed by atoms with Crippen LogP contribution in [0, 0.1) is 19.7 Å². The van der Waals surface area contributed by atoms with Crippen LogP contribution in [-0.4, -0.2) is 14.8 Å². The predicted molar refractivity (Wildman–Crippen MR) is 148 cm³/mol. The maximum absolute atomic E-state index is 13.2. The Morgan fingerprint density at radius 2 is 1.62 bits per heavy atom. The Hall–Kier alpha value is -3.97. The van der Waals surface area contributed by atoms with E-state index in [0.29, 0.717) is 5.89 Å². The summed E-state index contributed by atoms with van der Waals surface area (Å²) >= 11 is 3.41. The number of benzene rings is 3. The Morgan fingerprint density at radius 3 is 2.24 bits per heavy atom. The molecule has 1 aliphatic heterocycles. The Morgan fingerprint density at radius 1 is 0.919 bits per heavy atom. The number of aromatic nitrogens is 3. The zero-order valence-corrected chi connectivity index (χ0v) is 22.1. The molecule has 0 spiro atoms. The van der Waals surface area contributed by atoms with Crippen LogP contribution in [0.3, 0.4) is 0 Å². The monoisotopic (exact) mass is 556 g/mol. The van der Waals surface area contributed by atoms with E-state index in [4.69, 9.17) is 4.42 Å². The lowest BCUT2D eigenvalue weighted by Crippen LogP contribution is -2.18. The van der Waals surface area contributed by atoms with E-state index < -0.39 is 0 Å². The van der Waals surface area contributed by atoms with Crippen molar-refractivity contribution in [3.05, 3.63) is 137 Å². The highest BCUT2D eigenvalue weighted by atomic mass is 79.9. The van der Waals surface area contributed by atoms with Gasteiger partial charge >= 0.3 is 0 Å². The van der Waals surface area contributed by atoms with Gasteiger partial charge in [-0.1, -0.05) is 46.3 Å². The molecule has 186 valence electrons. The highest BCUT2D eigenvalue weighted by molar-refractivity contribution is 9.10. The maximum Gasteiger partial charge on any atom is 0.217 e. The highest BCUT2D eigenvalue weighted by Gasteiger charge is 2.30. The van der Waals surface area contributed by atoms with Gasteiger partial charge in [0.1, 0.15) is 18.1 Å². The average molecular weight is 557 g/mol. The number of halogens is 2. The smallest absolute Gasteiger partial charge is 0.217 e. The van der Waals surface area contributed by atoms with Gasteiger partial charge in [0.2, 0.25) is 5.89 Å². The number of nitrogens with zero attached hydrogens (tertiary/aromatic N) is 4. The topological polar surface area (TPSA) is 47.1 Å². The zero-order chi connectivity index (χ0) is 25.8. The molecule has 3 aromatic carbocycles. The maximum atomic E-state index is 13.2. The summed E-state index contributed by atoms with van der Waals surface area (Å²) in [4.78, 5) is 6.39. The molecule has 1 unspecified atom stereocenters. The van der Waals surface area contributed by atoms with Crippen LogP contribution < -0.4 is 4.90 Å². The third-order valence-electron chi connectivity index (χ3n) is 6.13. The predicted octanol–water partition coefficient (Wildman–Crippen LogP) is 8.06. The fourth-order valence-corrected chi connectivity index (χ4v) is 4.67. The molecule has 3 heterocycles. The second-order valence-corrected chi connectivity index (χ2v) is 9.73. The van der Waals surface area contributed by atoms with Gasteiger partial charge in [-0.2, -0.15) is 5.10 Å². The second-order valence-electron chi connectivity index (χ2n) is 8.81. The van der Waals surface area contributed by atoms with E-state index in [1.54, 1.807) is 24.6 Å². The second kappa shape index (κ2) is 11.0. The molecule has 1 atom stereocenters. The summed E-state index contributed by atoms with van der Waals surface area (Å²) in [6.07, 6.45) is 6.12. The van der Waals surface area contributed by atoms with Crippen LogP contribution in [0.5, 0.6) is 0 Å². The van der Waals surface area contributed by atoms with E-state index in [1.807, 2.05) is 54.1 Å². The van der Waals surface area contributed by atoms with Crippen molar-refractivity contribution < 1.29 is 8.81 Å². The van der Waals surface area contributed by atoms with Crippen molar-refractivity contribution >= 4 is 27.2 Å². The van der Waals surface area contributed by atoms with E-state index >= 15 is 0 Å². The summed E-state index contributed by atoms with van der Waals surface area (Å²) in [7, 11) is 0. The molecule has 6 rings (SSSR count). The van der Waals surface area contributed by atoms with E-state index in [2.05, 4.69) is 62.2 Å². The molecule has 0 saturated heterocycles. The summed E-state index contributed by atoms with van der Waals surface area (Å²) in [6, 6.07) is 26.9. The van der Waals surface area contributed by atoms with Gasteiger partial charge in [-0.25, -0.2) is 14.1 Å². The molecule has 0 bridgehead atoms. The highest BCUT2D eigenvalue weighted by Crippen LogP contribution is 2.41. The number of hydrogen-bond donors (Lipinski definition) is 0. The van der Waals surface area contributed by atoms with Gasteiger partial charge < -0.3 is 9.32 Å². The summed E-state index contributed by atoms with van der Waals surface area (Å²) in [5, 5.41) is 4.41. The summed E-state index contributed by atoms with van der Waals surface area (Å²) in [5.74, 6) is 0.421. The first-order valence-electron chi connectivity index (χ1n) is 12.0. The number of aryl methyl sites for hydroxylation is 2. The van der Waals surface area contributed by atoms with Crippen molar-refractivity contribution in [2.45, 2.75) is 26.3 Å². The fraction of sp³-hybridized carbons (Fsp3) is 0.133. The number of oxazole rings is 1. The Bertz CT molecular complexity index is 1480. The lowest BCUT2D eigenvalue weighted by molar-refractivity contribution is 0.454. The zero-order valence-electron chi connectivity index (χ0n) is 20.6. The molecule has 0 fully saturated rings. The minimum atomic E-state index is -0.243. The van der Waals surface area contributed by atoms with Crippen LogP contribution in [0.2, 0.25) is 0 Å². The van der Waals surface area contributed by atoms with Crippen molar-refractivity contribution in [2.24, 2.45) is 0 Å². The van der Waals surface area contributed by atoms with Crippen molar-refractivity contribution in [1.29, 1.82) is 0 Å². The summed E-state index contributed by atoms with van der Waals surface area (Å²) in [6.45, 7) is 4.06. The third kappa shape index (κ3) is 5.73. The van der Waals surface area contributed by atoms with Gasteiger partial charge in [-0.3, -0.25) is 0 Å². The molecule has 1 aliphatic rings. The first-order valence-corrected chi connectivity index (χ1v) is 12.8. The number of rotatable bonds is 4. The van der Waals surface area contributed by atoms with E-state index in [1.165, 1.54) is 23.3 Å². The first-order chi connectivity index (χ1) is 18.0. The van der Waals surface area contributed by atoms with Gasteiger partial charge in [-0.15, -0.1) is 0 Å². The van der Waals surface area contributed by atoms with Crippen molar-refractivity contribution in [1.82, 2.24) is 14.8 Å². The molecule has 5 aromatic rings. The summed E-state index contributed by atoms with van der Waals surface area (Å²) in [5.41, 5.74) is 6.60. The SMILES string of the molecule is Cc1cc(C)n(-c2ccc(Br)cc2)n1.Fc1ccc(N2C=C(c3ccccc3)CC2c2ncco2)cc1. The van der Waals surface area contributed by atoms with Crippen LogP contribution in [0.4, 0.5) is 10.1 Å². The standard InChI is InChI=1S/C19H15FN2O.C11H11BrN2/c20-16-6-8-17(9-7-16)22-13-15(14-4-2-1-3-5-14)12-18(22)19-21-10-11-23-19;1-8-7-9(2)14(13-8)11-5-3-10(12)4-6-11/h1-11,13,18H,12H2;3-7H,1-2H3. The van der Waals surface area contributed by atoms with Crippen LogP contribution in [0.25, 0.3) is 11.3 Å². The van der Waals surface area contributed by atoms with Gasteiger partial charge in [0.25, 0.3) is 0 Å². The Balaban J connectivity index is 0.000000171. The van der Waals surface area contributed by atoms with E-state index in [-0.39, 0.29) is 11.9 Å². The molecule has 0 N–H and O–H groups in total. The van der Waals surface area contributed by atoms with Gasteiger partial charge in [-0.05, 0) is 79.6 Å². The average Bonchev–Trinajstić information content (AvgIpc) is 3.66. The molecule has 37 heavy (non-hydrogen) atoms. The molecule has 0 aliphatic carbocycles. The quantitative estimate of drug-likeness (QED) is 0.224. The first kappa shape index (κ1) is 24.7. The Kier molecular flexibility index (Phi) is 7.32. The van der Waals surface area contributed by atoms with Crippen LogP contribution >= 0.6 is 15.9 Å². The van der Waals surface area contributed by atoms with Crippen LogP contribution in [0.1, 0.15) is 35.3 Å². The number of anilines is 1. The van der Waals surface area contributed by atoms with Gasteiger partial charge in [0.05, 0.1) is 17.6 Å². The molecule has 0 saturated carbocycles. The minimum absolute atomic E-state index is 0.0225. The molecular formula is C30H26BrFN4O. The lowest BCUT2D eigenvalue weighted by Gasteiger charge is -2.23. The van der Waals surface area contributed by atoms with E-state index in [9.17, 15) is 4.39 Å². The van der Waals surface area contributed by atoms with Crippen LogP contribution in [-0.2, 0) is 0 Å². The molecule has 5 nitrogen and oxygen atoms in total. The normalized spacial score (nSPS) is 14.8. The third-order valence-corrected chi connectivity index (χ3v) is 6.66. The van der Waals surface area contributed by atoms with Crippen molar-refractivity contribution in [2.75, 3.05) is 4.90 Å².